The van der Waals surface area contributed by atoms with Gasteiger partial charge >= 0.3 is 0 Å². The largest absolute Gasteiger partial charge is 0.207 e. The predicted octanol–water partition coefficient (Wildman–Crippen LogP) is 3.25. The number of benzene rings is 1. The van der Waals surface area contributed by atoms with E-state index < -0.39 is 0 Å². The Morgan fingerprint density at radius 2 is 2.33 bits per heavy atom. The van der Waals surface area contributed by atoms with Crippen molar-refractivity contribution in [1.82, 2.24) is 0 Å². The summed E-state index contributed by atoms with van der Waals surface area (Å²) < 4.78 is 13.2. The first kappa shape index (κ1) is 8.24. The van der Waals surface area contributed by atoms with Gasteiger partial charge in [0.1, 0.15) is 5.82 Å². The number of hydrogen-bond acceptors (Lipinski definition) is 0. The van der Waals surface area contributed by atoms with Gasteiger partial charge in [0.15, 0.2) is 0 Å². The lowest BCUT2D eigenvalue weighted by Crippen LogP contribution is -1.94. The highest BCUT2D eigenvalue weighted by molar-refractivity contribution is 9.09. The first-order valence-electron chi connectivity index (χ1n) is 4.16. The van der Waals surface area contributed by atoms with Crippen LogP contribution in [0, 0.1) is 5.82 Å². The standard InChI is InChI=1S/C10H10BrF/c11-6-7-4-5-9-8(7)2-1-3-10(9)12/h1-3,7H,4-6H2. The highest BCUT2D eigenvalue weighted by Gasteiger charge is 2.23. The van der Waals surface area contributed by atoms with Crippen LogP contribution in [0.15, 0.2) is 18.2 Å². The van der Waals surface area contributed by atoms with E-state index in [0.29, 0.717) is 5.92 Å². The van der Waals surface area contributed by atoms with Gasteiger partial charge in [0.2, 0.25) is 0 Å². The maximum atomic E-state index is 13.2. The van der Waals surface area contributed by atoms with Gasteiger partial charge in [-0.15, -0.1) is 0 Å². The predicted molar refractivity (Wildman–Crippen MR) is 51.3 cm³/mol. The minimum atomic E-state index is -0.0315. The molecule has 0 nitrogen and oxygen atoms in total. The van der Waals surface area contributed by atoms with Crippen LogP contribution in [-0.4, -0.2) is 5.33 Å². The Bertz CT molecular complexity index is 296. The van der Waals surface area contributed by atoms with E-state index in [9.17, 15) is 4.39 Å². The zero-order chi connectivity index (χ0) is 8.55. The summed E-state index contributed by atoms with van der Waals surface area (Å²) in [7, 11) is 0. The topological polar surface area (TPSA) is 0 Å². The molecule has 0 saturated heterocycles. The normalized spacial score (nSPS) is 21.0. The number of fused-ring (bicyclic) bond motifs is 1. The molecule has 0 fully saturated rings. The highest BCUT2D eigenvalue weighted by Crippen LogP contribution is 2.35. The van der Waals surface area contributed by atoms with Crippen molar-refractivity contribution in [2.75, 3.05) is 5.33 Å². The lowest BCUT2D eigenvalue weighted by atomic mass is 10.0. The van der Waals surface area contributed by atoms with Crippen molar-refractivity contribution in [3.8, 4) is 0 Å². The zero-order valence-corrected chi connectivity index (χ0v) is 8.27. The van der Waals surface area contributed by atoms with E-state index in [-0.39, 0.29) is 5.82 Å². The summed E-state index contributed by atoms with van der Waals surface area (Å²) in [5.74, 6) is 0.492. The van der Waals surface area contributed by atoms with Crippen LogP contribution >= 0.6 is 15.9 Å². The molecular formula is C10H10BrF. The van der Waals surface area contributed by atoms with Crippen molar-refractivity contribution >= 4 is 15.9 Å². The molecule has 0 amide bonds. The summed E-state index contributed by atoms with van der Waals surface area (Å²) in [4.78, 5) is 0. The van der Waals surface area contributed by atoms with Crippen LogP contribution in [0.2, 0.25) is 0 Å². The molecule has 1 atom stereocenters. The minimum Gasteiger partial charge on any atom is -0.207 e. The number of halogens is 2. The Kier molecular flexibility index (Phi) is 2.18. The number of rotatable bonds is 1. The average molecular weight is 229 g/mol. The molecule has 1 unspecified atom stereocenters. The van der Waals surface area contributed by atoms with Crippen LogP contribution in [0.1, 0.15) is 23.5 Å². The van der Waals surface area contributed by atoms with E-state index in [2.05, 4.69) is 15.9 Å². The molecule has 1 aromatic carbocycles. The van der Waals surface area contributed by atoms with E-state index in [0.717, 1.165) is 23.7 Å². The molecule has 0 radical (unpaired) electrons. The SMILES string of the molecule is Fc1cccc2c1CCC2CBr. The van der Waals surface area contributed by atoms with Crippen molar-refractivity contribution < 1.29 is 4.39 Å². The molecule has 0 heterocycles. The zero-order valence-electron chi connectivity index (χ0n) is 6.69. The van der Waals surface area contributed by atoms with E-state index in [1.54, 1.807) is 12.1 Å². The lowest BCUT2D eigenvalue weighted by molar-refractivity contribution is 0.612. The Morgan fingerprint density at radius 3 is 3.08 bits per heavy atom. The lowest BCUT2D eigenvalue weighted by Gasteiger charge is -2.06. The minimum absolute atomic E-state index is 0.0315. The second kappa shape index (κ2) is 3.17. The first-order valence-corrected chi connectivity index (χ1v) is 5.28. The van der Waals surface area contributed by atoms with Gasteiger partial charge in [-0.05, 0) is 36.0 Å². The van der Waals surface area contributed by atoms with Crippen LogP contribution in [-0.2, 0) is 6.42 Å². The van der Waals surface area contributed by atoms with E-state index >= 15 is 0 Å². The maximum Gasteiger partial charge on any atom is 0.126 e. The summed E-state index contributed by atoms with van der Waals surface area (Å²) >= 11 is 3.45. The number of alkyl halides is 1. The number of hydrogen-bond donors (Lipinski definition) is 0. The summed E-state index contributed by atoms with van der Waals surface area (Å²) in [6.45, 7) is 0. The van der Waals surface area contributed by atoms with Crippen molar-refractivity contribution in [3.05, 3.63) is 35.1 Å². The van der Waals surface area contributed by atoms with Crippen LogP contribution in [0.3, 0.4) is 0 Å². The van der Waals surface area contributed by atoms with Gasteiger partial charge in [0.05, 0.1) is 0 Å². The fourth-order valence-electron chi connectivity index (χ4n) is 1.86. The molecule has 1 aromatic rings. The van der Waals surface area contributed by atoms with Gasteiger partial charge in [-0.3, -0.25) is 0 Å². The first-order chi connectivity index (χ1) is 5.83. The van der Waals surface area contributed by atoms with Crippen LogP contribution < -0.4 is 0 Å². The summed E-state index contributed by atoms with van der Waals surface area (Å²) in [6, 6.07) is 5.39. The van der Waals surface area contributed by atoms with E-state index in [4.69, 9.17) is 0 Å². The summed E-state index contributed by atoms with van der Waals surface area (Å²) in [6.07, 6.45) is 1.99. The third-order valence-corrected chi connectivity index (χ3v) is 3.31. The van der Waals surface area contributed by atoms with Crippen LogP contribution in [0.25, 0.3) is 0 Å². The molecule has 64 valence electrons. The van der Waals surface area contributed by atoms with Gasteiger partial charge in [-0.2, -0.15) is 0 Å². The van der Waals surface area contributed by atoms with Crippen molar-refractivity contribution in [2.45, 2.75) is 18.8 Å². The molecule has 0 saturated carbocycles. The van der Waals surface area contributed by atoms with Gasteiger partial charge in [-0.25, -0.2) is 4.39 Å². The Morgan fingerprint density at radius 1 is 1.50 bits per heavy atom. The molecule has 2 heteroatoms. The molecule has 0 aliphatic heterocycles. The smallest absolute Gasteiger partial charge is 0.126 e. The van der Waals surface area contributed by atoms with Gasteiger partial charge in [0, 0.05) is 5.33 Å². The van der Waals surface area contributed by atoms with E-state index in [1.165, 1.54) is 5.56 Å². The second-order valence-corrected chi connectivity index (χ2v) is 3.84. The van der Waals surface area contributed by atoms with Gasteiger partial charge in [-0.1, -0.05) is 28.1 Å². The fourth-order valence-corrected chi connectivity index (χ4v) is 2.53. The molecular weight excluding hydrogens is 219 g/mol. The maximum absolute atomic E-state index is 13.2. The van der Waals surface area contributed by atoms with Crippen LogP contribution in [0.4, 0.5) is 4.39 Å². The Hall–Kier alpha value is -0.370. The molecule has 1 aliphatic rings. The molecule has 2 rings (SSSR count). The molecule has 0 aromatic heterocycles. The third-order valence-electron chi connectivity index (χ3n) is 2.52. The third kappa shape index (κ3) is 1.18. The van der Waals surface area contributed by atoms with Crippen LogP contribution in [0.5, 0.6) is 0 Å². The van der Waals surface area contributed by atoms with E-state index in [1.807, 2.05) is 6.07 Å². The molecule has 12 heavy (non-hydrogen) atoms. The van der Waals surface area contributed by atoms with Gasteiger partial charge < -0.3 is 0 Å². The summed E-state index contributed by atoms with van der Waals surface area (Å²) in [5, 5.41) is 0.948. The average Bonchev–Trinajstić information content (AvgIpc) is 2.49. The molecule has 0 N–H and O–H groups in total. The highest BCUT2D eigenvalue weighted by atomic mass is 79.9. The second-order valence-electron chi connectivity index (χ2n) is 3.20. The van der Waals surface area contributed by atoms with Gasteiger partial charge in [0.25, 0.3) is 0 Å². The van der Waals surface area contributed by atoms with Crippen molar-refractivity contribution in [2.24, 2.45) is 0 Å². The molecule has 0 spiro atoms. The fraction of sp³-hybridized carbons (Fsp3) is 0.400. The molecule has 0 bridgehead atoms. The summed E-state index contributed by atoms with van der Waals surface area (Å²) in [5.41, 5.74) is 2.13. The molecule has 1 aliphatic carbocycles. The Balaban J connectivity index is 2.46. The van der Waals surface area contributed by atoms with Crippen molar-refractivity contribution in [1.29, 1.82) is 0 Å². The monoisotopic (exact) mass is 228 g/mol. The quantitative estimate of drug-likeness (QED) is 0.648. The Labute approximate surface area is 79.9 Å². The van der Waals surface area contributed by atoms with Crippen molar-refractivity contribution in [3.63, 3.8) is 0 Å².